The number of thioether (sulfide) groups is 1. The standard InChI is InChI=1S/C22H30N4O2S.HI/c1-17(29-20-11-6-5-7-12-20)14-24-22(23-2)25-15-18-9-8-10-19(13-18)28-16-21(27)26(3)4;/h5-13,17H,14-16H2,1-4H3,(H2,23,24,25);1H. The van der Waals surface area contributed by atoms with Crippen molar-refractivity contribution >= 4 is 47.6 Å². The summed E-state index contributed by atoms with van der Waals surface area (Å²) in [5, 5.41) is 7.08. The van der Waals surface area contributed by atoms with E-state index in [1.165, 1.54) is 9.80 Å². The third kappa shape index (κ3) is 9.71. The van der Waals surface area contributed by atoms with Crippen molar-refractivity contribution in [2.75, 3.05) is 34.3 Å². The Balaban J connectivity index is 0.00000450. The van der Waals surface area contributed by atoms with E-state index in [1.54, 1.807) is 21.1 Å². The number of halogens is 1. The van der Waals surface area contributed by atoms with E-state index in [2.05, 4.69) is 46.8 Å². The predicted octanol–water partition coefficient (Wildman–Crippen LogP) is 3.62. The molecule has 0 bridgehead atoms. The minimum atomic E-state index is -0.0689. The molecule has 0 saturated heterocycles. The summed E-state index contributed by atoms with van der Waals surface area (Å²) in [5.41, 5.74) is 1.05. The van der Waals surface area contributed by atoms with Gasteiger partial charge in [-0.15, -0.1) is 35.7 Å². The maximum absolute atomic E-state index is 11.7. The maximum Gasteiger partial charge on any atom is 0.259 e. The van der Waals surface area contributed by atoms with Gasteiger partial charge >= 0.3 is 0 Å². The number of likely N-dealkylation sites (N-methyl/N-ethyl adjacent to an activating group) is 1. The molecule has 0 aliphatic heterocycles. The van der Waals surface area contributed by atoms with Crippen molar-refractivity contribution < 1.29 is 9.53 Å². The maximum atomic E-state index is 11.7. The molecular formula is C22H31IN4O2S. The molecule has 0 aliphatic rings. The van der Waals surface area contributed by atoms with Crippen LogP contribution in [-0.2, 0) is 11.3 Å². The average molecular weight is 542 g/mol. The van der Waals surface area contributed by atoms with Gasteiger partial charge in [-0.2, -0.15) is 0 Å². The van der Waals surface area contributed by atoms with Crippen LogP contribution in [0.3, 0.4) is 0 Å². The Hall–Kier alpha value is -1.94. The fraction of sp³-hybridized carbons (Fsp3) is 0.364. The molecule has 2 aromatic carbocycles. The van der Waals surface area contributed by atoms with Gasteiger partial charge in [0.15, 0.2) is 12.6 Å². The minimum Gasteiger partial charge on any atom is -0.484 e. The molecule has 0 aliphatic carbocycles. The van der Waals surface area contributed by atoms with Gasteiger partial charge in [0.05, 0.1) is 0 Å². The van der Waals surface area contributed by atoms with E-state index in [4.69, 9.17) is 4.74 Å². The van der Waals surface area contributed by atoms with E-state index >= 15 is 0 Å². The summed E-state index contributed by atoms with van der Waals surface area (Å²) in [6.07, 6.45) is 0. The lowest BCUT2D eigenvalue weighted by molar-refractivity contribution is -0.130. The number of nitrogens with one attached hydrogen (secondary N) is 2. The van der Waals surface area contributed by atoms with E-state index in [1.807, 2.05) is 42.1 Å². The van der Waals surface area contributed by atoms with Gasteiger partial charge in [-0.25, -0.2) is 0 Å². The molecule has 8 heteroatoms. The highest BCUT2D eigenvalue weighted by atomic mass is 127. The molecule has 0 radical (unpaired) electrons. The van der Waals surface area contributed by atoms with Crippen LogP contribution in [0.15, 0.2) is 64.5 Å². The summed E-state index contributed by atoms with van der Waals surface area (Å²) >= 11 is 1.83. The van der Waals surface area contributed by atoms with Crippen molar-refractivity contribution in [1.29, 1.82) is 0 Å². The first-order valence-corrected chi connectivity index (χ1v) is 10.4. The molecule has 0 saturated carbocycles. The molecule has 2 aromatic rings. The Morgan fingerprint density at radius 3 is 2.53 bits per heavy atom. The predicted molar refractivity (Wildman–Crippen MR) is 136 cm³/mol. The number of benzene rings is 2. The van der Waals surface area contributed by atoms with Gasteiger partial charge in [0.1, 0.15) is 5.75 Å². The largest absolute Gasteiger partial charge is 0.484 e. The molecule has 0 heterocycles. The Bertz CT molecular complexity index is 803. The minimum absolute atomic E-state index is 0. The number of guanidine groups is 1. The number of aliphatic imine (C=N–C) groups is 1. The highest BCUT2D eigenvalue weighted by Gasteiger charge is 2.07. The van der Waals surface area contributed by atoms with Crippen molar-refractivity contribution in [2.45, 2.75) is 23.6 Å². The molecular weight excluding hydrogens is 511 g/mol. The number of hydrogen-bond acceptors (Lipinski definition) is 4. The van der Waals surface area contributed by atoms with Crippen molar-refractivity contribution in [1.82, 2.24) is 15.5 Å². The second kappa shape index (κ2) is 14.1. The molecule has 0 fully saturated rings. The van der Waals surface area contributed by atoms with E-state index in [-0.39, 0.29) is 36.5 Å². The number of carbonyl (C=O) groups excluding carboxylic acids is 1. The van der Waals surface area contributed by atoms with Gasteiger partial charge in [0.25, 0.3) is 5.91 Å². The van der Waals surface area contributed by atoms with Crippen LogP contribution in [0.5, 0.6) is 5.75 Å². The third-order valence-electron chi connectivity index (χ3n) is 4.08. The average Bonchev–Trinajstić information content (AvgIpc) is 2.73. The molecule has 1 unspecified atom stereocenters. The van der Waals surface area contributed by atoms with Gasteiger partial charge in [-0.3, -0.25) is 9.79 Å². The first-order valence-electron chi connectivity index (χ1n) is 9.56. The Morgan fingerprint density at radius 1 is 1.13 bits per heavy atom. The lowest BCUT2D eigenvalue weighted by Crippen LogP contribution is -2.39. The Morgan fingerprint density at radius 2 is 1.87 bits per heavy atom. The third-order valence-corrected chi connectivity index (χ3v) is 5.19. The van der Waals surface area contributed by atoms with E-state index < -0.39 is 0 Å². The van der Waals surface area contributed by atoms with E-state index in [0.717, 1.165) is 18.1 Å². The zero-order valence-corrected chi connectivity index (χ0v) is 21.1. The first-order chi connectivity index (χ1) is 14.0. The second-order valence-electron chi connectivity index (χ2n) is 6.77. The van der Waals surface area contributed by atoms with E-state index in [0.29, 0.717) is 17.5 Å². The van der Waals surface area contributed by atoms with Crippen molar-refractivity contribution in [3.8, 4) is 5.75 Å². The number of hydrogen-bond donors (Lipinski definition) is 2. The van der Waals surface area contributed by atoms with Crippen LogP contribution in [0.1, 0.15) is 12.5 Å². The monoisotopic (exact) mass is 542 g/mol. The van der Waals surface area contributed by atoms with Gasteiger partial charge in [-0.05, 0) is 29.8 Å². The summed E-state index contributed by atoms with van der Waals surface area (Å²) in [6, 6.07) is 18.1. The molecule has 1 atom stereocenters. The molecule has 0 spiro atoms. The van der Waals surface area contributed by atoms with Crippen LogP contribution >= 0.6 is 35.7 Å². The highest BCUT2D eigenvalue weighted by molar-refractivity contribution is 14.0. The quantitative estimate of drug-likeness (QED) is 0.220. The van der Waals surface area contributed by atoms with Crippen LogP contribution < -0.4 is 15.4 Å². The summed E-state index contributed by atoms with van der Waals surface area (Å²) in [6.45, 7) is 3.63. The summed E-state index contributed by atoms with van der Waals surface area (Å²) < 4.78 is 5.57. The number of carbonyl (C=O) groups is 1. The van der Waals surface area contributed by atoms with Gasteiger partial charge in [0, 0.05) is 44.4 Å². The second-order valence-corrected chi connectivity index (χ2v) is 8.28. The number of ether oxygens (including phenoxy) is 1. The molecule has 6 nitrogen and oxygen atoms in total. The number of amides is 1. The molecule has 30 heavy (non-hydrogen) atoms. The normalized spacial score (nSPS) is 11.8. The van der Waals surface area contributed by atoms with Crippen LogP contribution in [0.4, 0.5) is 0 Å². The zero-order valence-electron chi connectivity index (χ0n) is 17.9. The van der Waals surface area contributed by atoms with Crippen molar-refractivity contribution in [3.63, 3.8) is 0 Å². The van der Waals surface area contributed by atoms with Crippen LogP contribution in [0.2, 0.25) is 0 Å². The van der Waals surface area contributed by atoms with Gasteiger partial charge in [0.2, 0.25) is 0 Å². The van der Waals surface area contributed by atoms with Gasteiger partial charge in [-0.1, -0.05) is 37.3 Å². The van der Waals surface area contributed by atoms with Gasteiger partial charge < -0.3 is 20.3 Å². The molecule has 2 N–H and O–H groups in total. The number of rotatable bonds is 9. The lowest BCUT2D eigenvalue weighted by atomic mass is 10.2. The molecule has 164 valence electrons. The highest BCUT2D eigenvalue weighted by Crippen LogP contribution is 2.21. The van der Waals surface area contributed by atoms with Crippen molar-refractivity contribution in [2.24, 2.45) is 4.99 Å². The SMILES string of the molecule is CN=C(NCc1cccc(OCC(=O)N(C)C)c1)NCC(C)Sc1ccccc1.I. The van der Waals surface area contributed by atoms with E-state index in [9.17, 15) is 4.79 Å². The smallest absolute Gasteiger partial charge is 0.259 e. The topological polar surface area (TPSA) is 66.0 Å². The summed E-state index contributed by atoms with van der Waals surface area (Å²) in [7, 11) is 5.18. The lowest BCUT2D eigenvalue weighted by Gasteiger charge is -2.16. The first kappa shape index (κ1) is 26.1. The van der Waals surface area contributed by atoms with Crippen LogP contribution in [-0.4, -0.2) is 56.3 Å². The Labute approximate surface area is 200 Å². The fourth-order valence-corrected chi connectivity index (χ4v) is 3.38. The number of nitrogens with zero attached hydrogens (tertiary/aromatic N) is 2. The Kier molecular flexibility index (Phi) is 12.3. The summed E-state index contributed by atoms with van der Waals surface area (Å²) in [5.74, 6) is 1.36. The molecule has 0 aromatic heterocycles. The molecule has 2 rings (SSSR count). The van der Waals surface area contributed by atoms with Crippen LogP contribution in [0, 0.1) is 0 Å². The van der Waals surface area contributed by atoms with Crippen molar-refractivity contribution in [3.05, 3.63) is 60.2 Å². The summed E-state index contributed by atoms with van der Waals surface area (Å²) in [4.78, 5) is 18.7. The molecule has 1 amide bonds. The van der Waals surface area contributed by atoms with Crippen LogP contribution in [0.25, 0.3) is 0 Å². The zero-order chi connectivity index (χ0) is 21.1. The fourth-order valence-electron chi connectivity index (χ4n) is 2.44.